The van der Waals surface area contributed by atoms with E-state index in [1.54, 1.807) is 39.3 Å². The smallest absolute Gasteiger partial charge is 0.224 e. The molecule has 0 aliphatic rings. The van der Waals surface area contributed by atoms with Gasteiger partial charge in [0.05, 0.1) is 21.3 Å². The Bertz CT molecular complexity index is 994. The van der Waals surface area contributed by atoms with Gasteiger partial charge in [0, 0.05) is 35.2 Å². The number of carbonyl (C=O) groups is 1. The number of amides is 1. The molecule has 0 unspecified atom stereocenters. The Morgan fingerprint density at radius 2 is 1.74 bits per heavy atom. The highest BCUT2D eigenvalue weighted by atomic mass is 32.2. The van der Waals surface area contributed by atoms with E-state index in [9.17, 15) is 4.79 Å². The SMILES string of the molecule is COc1ccc(CCC(=O)Nc2ccc(SCc3cccnc3)cc2)c(OC)c1OC. The van der Waals surface area contributed by atoms with Crippen molar-refractivity contribution in [1.82, 2.24) is 4.98 Å². The van der Waals surface area contributed by atoms with E-state index in [4.69, 9.17) is 14.2 Å². The zero-order valence-electron chi connectivity index (χ0n) is 17.9. The summed E-state index contributed by atoms with van der Waals surface area (Å²) in [6.45, 7) is 0. The normalized spacial score (nSPS) is 10.4. The van der Waals surface area contributed by atoms with Crippen LogP contribution in [0.1, 0.15) is 17.5 Å². The van der Waals surface area contributed by atoms with Crippen molar-refractivity contribution in [2.75, 3.05) is 26.6 Å². The molecule has 0 spiro atoms. The summed E-state index contributed by atoms with van der Waals surface area (Å²) in [5.74, 6) is 2.50. The lowest BCUT2D eigenvalue weighted by Gasteiger charge is -2.15. The van der Waals surface area contributed by atoms with Crippen LogP contribution in [0.15, 0.2) is 65.8 Å². The highest BCUT2D eigenvalue weighted by Gasteiger charge is 2.16. The molecule has 0 aliphatic heterocycles. The molecule has 31 heavy (non-hydrogen) atoms. The molecule has 1 aromatic heterocycles. The molecule has 0 aliphatic carbocycles. The van der Waals surface area contributed by atoms with E-state index in [2.05, 4.69) is 16.4 Å². The van der Waals surface area contributed by atoms with Gasteiger partial charge in [-0.3, -0.25) is 9.78 Å². The molecular formula is C24H26N2O4S. The fourth-order valence-electron chi connectivity index (χ4n) is 3.12. The molecule has 1 amide bonds. The van der Waals surface area contributed by atoms with E-state index >= 15 is 0 Å². The third kappa shape index (κ3) is 6.15. The molecule has 0 bridgehead atoms. The first-order valence-corrected chi connectivity index (χ1v) is 10.8. The second-order valence-electron chi connectivity index (χ2n) is 6.72. The monoisotopic (exact) mass is 438 g/mol. The van der Waals surface area contributed by atoms with Crippen LogP contribution < -0.4 is 19.5 Å². The van der Waals surface area contributed by atoms with Crippen molar-refractivity contribution in [3.63, 3.8) is 0 Å². The first-order chi connectivity index (χ1) is 15.1. The molecular weight excluding hydrogens is 412 g/mol. The van der Waals surface area contributed by atoms with Gasteiger partial charge in [0.2, 0.25) is 11.7 Å². The van der Waals surface area contributed by atoms with E-state index in [0.717, 1.165) is 21.9 Å². The van der Waals surface area contributed by atoms with Gasteiger partial charge >= 0.3 is 0 Å². The first-order valence-electron chi connectivity index (χ1n) is 9.84. The van der Waals surface area contributed by atoms with Crippen molar-refractivity contribution in [2.45, 2.75) is 23.5 Å². The topological polar surface area (TPSA) is 69.7 Å². The first kappa shape index (κ1) is 22.5. The lowest BCUT2D eigenvalue weighted by molar-refractivity contribution is -0.116. The van der Waals surface area contributed by atoms with Crippen LogP contribution in [0.4, 0.5) is 5.69 Å². The number of carbonyl (C=O) groups excluding carboxylic acids is 1. The summed E-state index contributed by atoms with van der Waals surface area (Å²) in [6, 6.07) is 15.6. The summed E-state index contributed by atoms with van der Waals surface area (Å²) in [5, 5.41) is 2.95. The molecule has 162 valence electrons. The summed E-state index contributed by atoms with van der Waals surface area (Å²) in [4.78, 5) is 17.7. The highest BCUT2D eigenvalue weighted by molar-refractivity contribution is 7.98. The van der Waals surface area contributed by atoms with Crippen molar-refractivity contribution in [1.29, 1.82) is 0 Å². The number of ether oxygens (including phenoxy) is 3. The number of methoxy groups -OCH3 is 3. The molecule has 0 saturated carbocycles. The van der Waals surface area contributed by atoms with Gasteiger partial charge in [0.25, 0.3) is 0 Å². The lowest BCUT2D eigenvalue weighted by Crippen LogP contribution is -2.12. The van der Waals surface area contributed by atoms with Gasteiger partial charge in [0.1, 0.15) is 0 Å². The molecule has 1 heterocycles. The number of aryl methyl sites for hydroxylation is 1. The summed E-state index contributed by atoms with van der Waals surface area (Å²) < 4.78 is 16.2. The minimum atomic E-state index is -0.0624. The Hall–Kier alpha value is -3.19. The van der Waals surface area contributed by atoms with Gasteiger partial charge in [-0.25, -0.2) is 0 Å². The number of hydrogen-bond acceptors (Lipinski definition) is 6. The summed E-state index contributed by atoms with van der Waals surface area (Å²) in [5.41, 5.74) is 2.84. The number of anilines is 1. The van der Waals surface area contributed by atoms with Crippen molar-refractivity contribution < 1.29 is 19.0 Å². The Morgan fingerprint density at radius 1 is 0.968 bits per heavy atom. The Kier molecular flexibility index (Phi) is 8.18. The van der Waals surface area contributed by atoms with Crippen LogP contribution in [0.25, 0.3) is 0 Å². The second kappa shape index (κ2) is 11.3. The van der Waals surface area contributed by atoms with Crippen LogP contribution in [-0.4, -0.2) is 32.2 Å². The third-order valence-electron chi connectivity index (χ3n) is 4.67. The number of aromatic nitrogens is 1. The number of nitrogens with one attached hydrogen (secondary N) is 1. The quantitative estimate of drug-likeness (QED) is 0.451. The number of benzene rings is 2. The fourth-order valence-corrected chi connectivity index (χ4v) is 3.95. The van der Waals surface area contributed by atoms with Crippen molar-refractivity contribution in [2.24, 2.45) is 0 Å². The predicted octanol–water partition coefficient (Wildman–Crippen LogP) is 4.97. The van der Waals surface area contributed by atoms with Crippen molar-refractivity contribution in [3.05, 3.63) is 72.1 Å². The lowest BCUT2D eigenvalue weighted by atomic mass is 10.1. The molecule has 1 N–H and O–H groups in total. The van der Waals surface area contributed by atoms with Crippen LogP contribution in [-0.2, 0) is 17.0 Å². The van der Waals surface area contributed by atoms with Crippen molar-refractivity contribution in [3.8, 4) is 17.2 Å². The van der Waals surface area contributed by atoms with Gasteiger partial charge in [-0.1, -0.05) is 12.1 Å². The Morgan fingerprint density at radius 3 is 2.39 bits per heavy atom. The molecule has 0 atom stereocenters. The van der Waals surface area contributed by atoms with Crippen LogP contribution in [0, 0.1) is 0 Å². The predicted molar refractivity (Wildman–Crippen MR) is 123 cm³/mol. The minimum absolute atomic E-state index is 0.0624. The molecule has 0 saturated heterocycles. The zero-order valence-corrected chi connectivity index (χ0v) is 18.7. The average Bonchev–Trinajstić information content (AvgIpc) is 2.82. The standard InChI is InChI=1S/C24H26N2O4S/c1-28-21-12-6-18(23(29-2)24(21)30-3)7-13-22(27)26-19-8-10-20(11-9-19)31-16-17-5-4-14-25-15-17/h4-6,8-12,14-15H,7,13,16H2,1-3H3,(H,26,27). The molecule has 7 heteroatoms. The fraction of sp³-hybridized carbons (Fsp3) is 0.250. The second-order valence-corrected chi connectivity index (χ2v) is 7.76. The summed E-state index contributed by atoms with van der Waals surface area (Å²) in [7, 11) is 4.72. The molecule has 3 rings (SSSR count). The van der Waals surface area contributed by atoms with Gasteiger partial charge < -0.3 is 19.5 Å². The van der Waals surface area contributed by atoms with Crippen LogP contribution in [0.3, 0.4) is 0 Å². The Balaban J connectivity index is 1.54. The molecule has 2 aromatic carbocycles. The van der Waals surface area contributed by atoms with Gasteiger partial charge in [-0.15, -0.1) is 11.8 Å². The molecule has 0 fully saturated rings. The third-order valence-corrected chi connectivity index (χ3v) is 5.76. The number of rotatable bonds is 10. The molecule has 3 aromatic rings. The van der Waals surface area contributed by atoms with Crippen LogP contribution >= 0.6 is 11.8 Å². The average molecular weight is 439 g/mol. The number of hydrogen-bond donors (Lipinski definition) is 1. The number of thioether (sulfide) groups is 1. The van der Waals surface area contributed by atoms with E-state index in [1.165, 1.54) is 5.56 Å². The summed E-state index contributed by atoms with van der Waals surface area (Å²) >= 11 is 1.73. The highest BCUT2D eigenvalue weighted by Crippen LogP contribution is 2.40. The number of pyridine rings is 1. The molecule has 6 nitrogen and oxygen atoms in total. The molecule has 0 radical (unpaired) electrons. The van der Waals surface area contributed by atoms with Crippen molar-refractivity contribution >= 4 is 23.4 Å². The minimum Gasteiger partial charge on any atom is -0.493 e. The maximum Gasteiger partial charge on any atom is 0.224 e. The van der Waals surface area contributed by atoms with Gasteiger partial charge in [-0.2, -0.15) is 0 Å². The van der Waals surface area contributed by atoms with E-state index in [-0.39, 0.29) is 5.91 Å². The largest absolute Gasteiger partial charge is 0.493 e. The van der Waals surface area contributed by atoms with Crippen LogP contribution in [0.5, 0.6) is 17.2 Å². The van der Waals surface area contributed by atoms with Crippen LogP contribution in [0.2, 0.25) is 0 Å². The number of nitrogens with zero attached hydrogens (tertiary/aromatic N) is 1. The zero-order chi connectivity index (χ0) is 22.1. The Labute approximate surface area is 186 Å². The van der Waals surface area contributed by atoms with E-state index in [1.807, 2.05) is 48.7 Å². The maximum atomic E-state index is 12.4. The summed E-state index contributed by atoms with van der Waals surface area (Å²) in [6.07, 6.45) is 4.49. The maximum absolute atomic E-state index is 12.4. The van der Waals surface area contributed by atoms with E-state index in [0.29, 0.717) is 30.1 Å². The van der Waals surface area contributed by atoms with Gasteiger partial charge in [-0.05, 0) is 53.9 Å². The van der Waals surface area contributed by atoms with Gasteiger partial charge in [0.15, 0.2) is 11.5 Å². The van der Waals surface area contributed by atoms with E-state index < -0.39 is 0 Å².